The van der Waals surface area contributed by atoms with Gasteiger partial charge >= 0.3 is 0 Å². The third-order valence-corrected chi connectivity index (χ3v) is 3.62. The Balaban J connectivity index is 1.92. The van der Waals surface area contributed by atoms with Crippen LogP contribution in [0.15, 0.2) is 54.6 Å². The minimum absolute atomic E-state index is 0.712. The highest BCUT2D eigenvalue weighted by Gasteiger charge is 2.06. The van der Waals surface area contributed by atoms with Crippen LogP contribution < -0.4 is 9.64 Å². The van der Waals surface area contributed by atoms with E-state index in [2.05, 4.69) is 55.1 Å². The standard InChI is InChI=1S/C19H25NO/c1-3-4-14-20(18-11-6-5-7-12-18)15-16-21-19-13-9-8-10-17(19)2/h5-13H,3-4,14-16H2,1-2H3. The molecule has 2 aromatic carbocycles. The lowest BCUT2D eigenvalue weighted by Crippen LogP contribution is -2.29. The molecule has 2 aromatic rings. The number of para-hydroxylation sites is 2. The van der Waals surface area contributed by atoms with Gasteiger partial charge in [-0.3, -0.25) is 0 Å². The molecule has 0 atom stereocenters. The van der Waals surface area contributed by atoms with Crippen molar-refractivity contribution in [3.8, 4) is 5.75 Å². The molecule has 2 nitrogen and oxygen atoms in total. The second-order valence-corrected chi connectivity index (χ2v) is 5.29. The molecule has 112 valence electrons. The second-order valence-electron chi connectivity index (χ2n) is 5.29. The van der Waals surface area contributed by atoms with Crippen molar-refractivity contribution in [3.05, 3.63) is 60.2 Å². The van der Waals surface area contributed by atoms with Crippen molar-refractivity contribution in [2.45, 2.75) is 26.7 Å². The van der Waals surface area contributed by atoms with Gasteiger partial charge in [-0.15, -0.1) is 0 Å². The molecule has 0 saturated heterocycles. The van der Waals surface area contributed by atoms with Crippen LogP contribution in [0.2, 0.25) is 0 Å². The van der Waals surface area contributed by atoms with Crippen LogP contribution in [-0.4, -0.2) is 19.7 Å². The Kier molecular flexibility index (Phi) is 6.14. The highest BCUT2D eigenvalue weighted by molar-refractivity contribution is 5.45. The number of hydrogen-bond acceptors (Lipinski definition) is 2. The quantitative estimate of drug-likeness (QED) is 0.697. The molecule has 0 aromatic heterocycles. The van der Waals surface area contributed by atoms with Crippen LogP contribution in [-0.2, 0) is 0 Å². The molecule has 0 aliphatic heterocycles. The smallest absolute Gasteiger partial charge is 0.122 e. The van der Waals surface area contributed by atoms with Crippen molar-refractivity contribution < 1.29 is 4.74 Å². The van der Waals surface area contributed by atoms with Crippen molar-refractivity contribution in [2.24, 2.45) is 0 Å². The molecule has 0 fully saturated rings. The Bertz CT molecular complexity index is 524. The zero-order chi connectivity index (χ0) is 14.9. The summed E-state index contributed by atoms with van der Waals surface area (Å²) in [6, 6.07) is 18.8. The lowest BCUT2D eigenvalue weighted by molar-refractivity contribution is 0.321. The van der Waals surface area contributed by atoms with E-state index in [1.54, 1.807) is 0 Å². The van der Waals surface area contributed by atoms with Gasteiger partial charge in [0.2, 0.25) is 0 Å². The molecule has 0 aliphatic carbocycles. The van der Waals surface area contributed by atoms with Gasteiger partial charge in [-0.1, -0.05) is 49.7 Å². The lowest BCUT2D eigenvalue weighted by atomic mass is 10.2. The largest absolute Gasteiger partial charge is 0.491 e. The fourth-order valence-corrected chi connectivity index (χ4v) is 2.34. The molecule has 2 heteroatoms. The molecule has 21 heavy (non-hydrogen) atoms. The molecule has 0 N–H and O–H groups in total. The van der Waals surface area contributed by atoms with Crippen molar-refractivity contribution in [1.29, 1.82) is 0 Å². The first-order valence-corrected chi connectivity index (χ1v) is 7.79. The van der Waals surface area contributed by atoms with E-state index >= 15 is 0 Å². The Hall–Kier alpha value is -1.96. The zero-order valence-electron chi connectivity index (χ0n) is 13.1. The maximum Gasteiger partial charge on any atom is 0.122 e. The molecule has 0 amide bonds. The molecule has 0 saturated carbocycles. The molecule has 0 heterocycles. The predicted octanol–water partition coefficient (Wildman–Crippen LogP) is 4.68. The van der Waals surface area contributed by atoms with Gasteiger partial charge in [0.05, 0.1) is 6.54 Å². The van der Waals surface area contributed by atoms with E-state index in [4.69, 9.17) is 4.74 Å². The number of anilines is 1. The van der Waals surface area contributed by atoms with Gasteiger partial charge in [0.1, 0.15) is 12.4 Å². The fraction of sp³-hybridized carbons (Fsp3) is 0.368. The molecular weight excluding hydrogens is 258 g/mol. The summed E-state index contributed by atoms with van der Waals surface area (Å²) >= 11 is 0. The Morgan fingerprint density at radius 1 is 0.905 bits per heavy atom. The van der Waals surface area contributed by atoms with E-state index < -0.39 is 0 Å². The number of rotatable bonds is 8. The number of nitrogens with zero attached hydrogens (tertiary/aromatic N) is 1. The van der Waals surface area contributed by atoms with E-state index in [-0.39, 0.29) is 0 Å². The SMILES string of the molecule is CCCCN(CCOc1ccccc1C)c1ccccc1. The number of hydrogen-bond donors (Lipinski definition) is 0. The molecule has 0 aliphatic rings. The average Bonchev–Trinajstić information content (AvgIpc) is 2.53. The van der Waals surface area contributed by atoms with Gasteiger partial charge in [-0.05, 0) is 37.1 Å². The molecule has 0 unspecified atom stereocenters. The normalized spacial score (nSPS) is 10.4. The van der Waals surface area contributed by atoms with Gasteiger partial charge in [0.25, 0.3) is 0 Å². The first kappa shape index (κ1) is 15.4. The summed E-state index contributed by atoms with van der Waals surface area (Å²) in [4.78, 5) is 2.40. The predicted molar refractivity (Wildman–Crippen MR) is 90.2 cm³/mol. The topological polar surface area (TPSA) is 12.5 Å². The maximum atomic E-state index is 5.93. The van der Waals surface area contributed by atoms with E-state index in [0.717, 1.165) is 18.8 Å². The van der Waals surface area contributed by atoms with Crippen molar-refractivity contribution in [1.82, 2.24) is 0 Å². The van der Waals surface area contributed by atoms with Crippen LogP contribution in [0.25, 0.3) is 0 Å². The summed E-state index contributed by atoms with van der Waals surface area (Å²) in [5.41, 5.74) is 2.47. The fourth-order valence-electron chi connectivity index (χ4n) is 2.34. The zero-order valence-corrected chi connectivity index (χ0v) is 13.1. The average molecular weight is 283 g/mol. The molecular formula is C19H25NO. The second kappa shape index (κ2) is 8.35. The Morgan fingerprint density at radius 3 is 2.33 bits per heavy atom. The Morgan fingerprint density at radius 2 is 1.62 bits per heavy atom. The number of ether oxygens (including phenoxy) is 1. The first-order valence-electron chi connectivity index (χ1n) is 7.79. The molecule has 0 radical (unpaired) electrons. The highest BCUT2D eigenvalue weighted by atomic mass is 16.5. The van der Waals surface area contributed by atoms with E-state index in [1.165, 1.54) is 24.1 Å². The Labute approximate surface area is 128 Å². The number of unbranched alkanes of at least 4 members (excludes halogenated alkanes) is 1. The van der Waals surface area contributed by atoms with Crippen molar-refractivity contribution in [3.63, 3.8) is 0 Å². The lowest BCUT2D eigenvalue weighted by Gasteiger charge is -2.25. The summed E-state index contributed by atoms with van der Waals surface area (Å²) < 4.78 is 5.93. The van der Waals surface area contributed by atoms with Crippen molar-refractivity contribution >= 4 is 5.69 Å². The van der Waals surface area contributed by atoms with Gasteiger partial charge in [-0.2, -0.15) is 0 Å². The van der Waals surface area contributed by atoms with Gasteiger partial charge in [0.15, 0.2) is 0 Å². The summed E-state index contributed by atoms with van der Waals surface area (Å²) in [7, 11) is 0. The third kappa shape index (κ3) is 4.82. The highest BCUT2D eigenvalue weighted by Crippen LogP contribution is 2.17. The van der Waals surface area contributed by atoms with Crippen LogP contribution >= 0.6 is 0 Å². The summed E-state index contributed by atoms with van der Waals surface area (Å²) in [6.45, 7) is 7.02. The van der Waals surface area contributed by atoms with Gasteiger partial charge in [0, 0.05) is 12.2 Å². The minimum Gasteiger partial charge on any atom is -0.491 e. The van der Waals surface area contributed by atoms with E-state index in [9.17, 15) is 0 Å². The van der Waals surface area contributed by atoms with Crippen molar-refractivity contribution in [2.75, 3.05) is 24.6 Å². The summed E-state index contributed by atoms with van der Waals surface area (Å²) in [5, 5.41) is 0. The monoisotopic (exact) mass is 283 g/mol. The van der Waals surface area contributed by atoms with Crippen LogP contribution in [0.1, 0.15) is 25.3 Å². The molecule has 0 spiro atoms. The number of aryl methyl sites for hydroxylation is 1. The van der Waals surface area contributed by atoms with Crippen LogP contribution in [0.4, 0.5) is 5.69 Å². The summed E-state index contributed by atoms with van der Waals surface area (Å²) in [5.74, 6) is 0.987. The van der Waals surface area contributed by atoms with Crippen LogP contribution in [0, 0.1) is 6.92 Å². The maximum absolute atomic E-state index is 5.93. The summed E-state index contributed by atoms with van der Waals surface area (Å²) in [6.07, 6.45) is 2.42. The third-order valence-electron chi connectivity index (χ3n) is 3.62. The molecule has 2 rings (SSSR count). The first-order chi connectivity index (χ1) is 10.3. The van der Waals surface area contributed by atoms with Gasteiger partial charge in [-0.25, -0.2) is 0 Å². The minimum atomic E-state index is 0.712. The molecule has 0 bridgehead atoms. The van der Waals surface area contributed by atoms with E-state index in [1.807, 2.05) is 18.2 Å². The van der Waals surface area contributed by atoms with Crippen LogP contribution in [0.5, 0.6) is 5.75 Å². The van der Waals surface area contributed by atoms with Gasteiger partial charge < -0.3 is 9.64 Å². The number of benzene rings is 2. The van der Waals surface area contributed by atoms with Crippen LogP contribution in [0.3, 0.4) is 0 Å². The van der Waals surface area contributed by atoms with E-state index in [0.29, 0.717) is 6.61 Å².